The Morgan fingerprint density at radius 2 is 2.17 bits per heavy atom. The van der Waals surface area contributed by atoms with Crippen molar-refractivity contribution in [3.8, 4) is 0 Å². The lowest BCUT2D eigenvalue weighted by atomic mass is 10.2. The lowest BCUT2D eigenvalue weighted by Crippen LogP contribution is -1.90. The molecule has 0 bridgehead atoms. The van der Waals surface area contributed by atoms with E-state index in [4.69, 9.17) is 16.3 Å². The average molecular weight is 184 g/mol. The van der Waals surface area contributed by atoms with E-state index in [1.807, 2.05) is 31.2 Å². The quantitative estimate of drug-likeness (QED) is 0.650. The predicted molar refractivity (Wildman–Crippen MR) is 50.8 cm³/mol. The van der Waals surface area contributed by atoms with Crippen molar-refractivity contribution in [2.75, 3.05) is 0 Å². The van der Waals surface area contributed by atoms with Crippen LogP contribution >= 0.6 is 11.6 Å². The third-order valence-electron chi connectivity index (χ3n) is 1.48. The molecule has 1 rings (SSSR count). The maximum absolute atomic E-state index is 5.91. The maximum atomic E-state index is 5.91. The van der Waals surface area contributed by atoms with E-state index in [0.717, 1.165) is 17.0 Å². The molecular formula is C10H12ClO. The Labute approximate surface area is 78.3 Å². The zero-order chi connectivity index (χ0) is 8.81. The molecule has 65 valence electrons. The molecule has 0 heterocycles. The Bertz CT molecular complexity index is 235. The standard InChI is InChI=1S/C10H12ClO/c1-2-7-12-8-9-5-3-4-6-10(9)11/h3-7H,2,8H2,1H3. The Morgan fingerprint density at radius 3 is 2.83 bits per heavy atom. The number of benzene rings is 1. The van der Waals surface area contributed by atoms with Gasteiger partial charge in [0.1, 0.15) is 0 Å². The van der Waals surface area contributed by atoms with Gasteiger partial charge >= 0.3 is 0 Å². The molecule has 1 aromatic rings. The average Bonchev–Trinajstić information content (AvgIpc) is 2.09. The topological polar surface area (TPSA) is 9.23 Å². The van der Waals surface area contributed by atoms with Crippen LogP contribution in [0, 0.1) is 6.61 Å². The van der Waals surface area contributed by atoms with Crippen molar-refractivity contribution < 1.29 is 4.74 Å². The fourth-order valence-corrected chi connectivity index (χ4v) is 1.07. The molecule has 0 aliphatic rings. The van der Waals surface area contributed by atoms with Crippen LogP contribution in [0.3, 0.4) is 0 Å². The van der Waals surface area contributed by atoms with Crippen molar-refractivity contribution in [1.29, 1.82) is 0 Å². The summed E-state index contributed by atoms with van der Waals surface area (Å²) in [4.78, 5) is 0. The summed E-state index contributed by atoms with van der Waals surface area (Å²) < 4.78 is 5.24. The molecule has 0 aromatic heterocycles. The third kappa shape index (κ3) is 2.84. The van der Waals surface area contributed by atoms with Crippen molar-refractivity contribution in [3.63, 3.8) is 0 Å². The molecule has 0 unspecified atom stereocenters. The maximum Gasteiger partial charge on any atom is 0.0838 e. The SMILES string of the molecule is CC[CH]OCc1ccccc1Cl. The molecule has 1 aromatic carbocycles. The fraction of sp³-hybridized carbons (Fsp3) is 0.300. The highest BCUT2D eigenvalue weighted by molar-refractivity contribution is 6.31. The molecule has 0 aliphatic carbocycles. The molecule has 0 fully saturated rings. The van der Waals surface area contributed by atoms with Gasteiger partial charge in [-0.1, -0.05) is 36.7 Å². The van der Waals surface area contributed by atoms with Gasteiger partial charge in [0.15, 0.2) is 0 Å². The van der Waals surface area contributed by atoms with Gasteiger partial charge in [0.25, 0.3) is 0 Å². The monoisotopic (exact) mass is 183 g/mol. The highest BCUT2D eigenvalue weighted by atomic mass is 35.5. The van der Waals surface area contributed by atoms with Gasteiger partial charge in [0.2, 0.25) is 0 Å². The van der Waals surface area contributed by atoms with Crippen LogP contribution in [-0.2, 0) is 11.3 Å². The van der Waals surface area contributed by atoms with Crippen LogP contribution in [0.5, 0.6) is 0 Å². The van der Waals surface area contributed by atoms with Crippen LogP contribution in [0.1, 0.15) is 18.9 Å². The van der Waals surface area contributed by atoms with Crippen molar-refractivity contribution in [2.45, 2.75) is 20.0 Å². The fourth-order valence-electron chi connectivity index (χ4n) is 0.882. The summed E-state index contributed by atoms with van der Waals surface area (Å²) in [7, 11) is 0. The first-order valence-corrected chi connectivity index (χ1v) is 4.39. The number of hydrogen-bond acceptors (Lipinski definition) is 1. The number of rotatable bonds is 4. The lowest BCUT2D eigenvalue weighted by molar-refractivity contribution is 0.181. The molecule has 1 nitrogen and oxygen atoms in total. The van der Waals surface area contributed by atoms with E-state index >= 15 is 0 Å². The molecule has 0 aliphatic heterocycles. The predicted octanol–water partition coefficient (Wildman–Crippen LogP) is 3.43. The van der Waals surface area contributed by atoms with E-state index in [-0.39, 0.29) is 0 Å². The Hall–Kier alpha value is -0.530. The highest BCUT2D eigenvalue weighted by Crippen LogP contribution is 2.15. The molecule has 0 saturated carbocycles. The Kier molecular flexibility index (Phi) is 4.12. The summed E-state index contributed by atoms with van der Waals surface area (Å²) in [6, 6.07) is 7.70. The lowest BCUT2D eigenvalue weighted by Gasteiger charge is -2.03. The molecule has 0 atom stereocenters. The minimum atomic E-state index is 0.563. The van der Waals surface area contributed by atoms with Gasteiger partial charge in [-0.15, -0.1) is 0 Å². The van der Waals surface area contributed by atoms with E-state index < -0.39 is 0 Å². The van der Waals surface area contributed by atoms with Crippen LogP contribution in [0.4, 0.5) is 0 Å². The summed E-state index contributed by atoms with van der Waals surface area (Å²) in [5.74, 6) is 0. The minimum Gasteiger partial charge on any atom is -0.371 e. The van der Waals surface area contributed by atoms with Gasteiger partial charge < -0.3 is 4.74 Å². The molecule has 1 radical (unpaired) electrons. The second-order valence-electron chi connectivity index (χ2n) is 2.48. The third-order valence-corrected chi connectivity index (χ3v) is 1.85. The van der Waals surface area contributed by atoms with E-state index in [0.29, 0.717) is 6.61 Å². The van der Waals surface area contributed by atoms with Gasteiger partial charge in [-0.25, -0.2) is 0 Å². The second kappa shape index (κ2) is 5.18. The van der Waals surface area contributed by atoms with E-state index in [9.17, 15) is 0 Å². The van der Waals surface area contributed by atoms with Crippen molar-refractivity contribution in [1.82, 2.24) is 0 Å². The number of halogens is 1. The summed E-state index contributed by atoms with van der Waals surface area (Å²) >= 11 is 5.91. The van der Waals surface area contributed by atoms with Crippen LogP contribution < -0.4 is 0 Å². The number of hydrogen-bond donors (Lipinski definition) is 0. The smallest absolute Gasteiger partial charge is 0.0838 e. The van der Waals surface area contributed by atoms with E-state index in [1.165, 1.54) is 0 Å². The minimum absolute atomic E-state index is 0.563. The first kappa shape index (κ1) is 9.56. The summed E-state index contributed by atoms with van der Waals surface area (Å²) in [5.41, 5.74) is 1.03. The van der Waals surface area contributed by atoms with Crippen LogP contribution in [-0.4, -0.2) is 0 Å². The van der Waals surface area contributed by atoms with Crippen molar-refractivity contribution >= 4 is 11.6 Å². The Morgan fingerprint density at radius 1 is 1.42 bits per heavy atom. The molecule has 0 saturated heterocycles. The molecule has 0 spiro atoms. The summed E-state index contributed by atoms with van der Waals surface area (Å²) in [6.45, 7) is 4.38. The Balaban J connectivity index is 2.46. The van der Waals surface area contributed by atoms with Gasteiger partial charge in [-0.3, -0.25) is 0 Å². The molecular weight excluding hydrogens is 172 g/mol. The molecule has 12 heavy (non-hydrogen) atoms. The van der Waals surface area contributed by atoms with Crippen molar-refractivity contribution in [3.05, 3.63) is 41.5 Å². The zero-order valence-corrected chi connectivity index (χ0v) is 7.84. The van der Waals surface area contributed by atoms with E-state index in [2.05, 4.69) is 0 Å². The largest absolute Gasteiger partial charge is 0.371 e. The van der Waals surface area contributed by atoms with Gasteiger partial charge in [-0.2, -0.15) is 0 Å². The first-order chi connectivity index (χ1) is 5.84. The van der Waals surface area contributed by atoms with Gasteiger partial charge in [0.05, 0.1) is 13.2 Å². The number of ether oxygens (including phenoxy) is 1. The van der Waals surface area contributed by atoms with Gasteiger partial charge in [-0.05, 0) is 18.1 Å². The summed E-state index contributed by atoms with van der Waals surface area (Å²) in [6.07, 6.45) is 0.921. The van der Waals surface area contributed by atoms with E-state index in [1.54, 1.807) is 6.61 Å². The second-order valence-corrected chi connectivity index (χ2v) is 2.88. The zero-order valence-electron chi connectivity index (χ0n) is 7.09. The van der Waals surface area contributed by atoms with Gasteiger partial charge in [0, 0.05) is 5.02 Å². The first-order valence-electron chi connectivity index (χ1n) is 4.01. The summed E-state index contributed by atoms with van der Waals surface area (Å²) in [5, 5.41) is 0.766. The normalized spacial score (nSPS) is 10.2. The highest BCUT2D eigenvalue weighted by Gasteiger charge is 1.97. The van der Waals surface area contributed by atoms with Crippen molar-refractivity contribution in [2.24, 2.45) is 0 Å². The molecule has 0 amide bonds. The molecule has 2 heteroatoms. The van der Waals surface area contributed by atoms with Crippen LogP contribution in [0.15, 0.2) is 24.3 Å². The molecule has 0 N–H and O–H groups in total. The van der Waals surface area contributed by atoms with Crippen LogP contribution in [0.25, 0.3) is 0 Å². The van der Waals surface area contributed by atoms with Crippen LogP contribution in [0.2, 0.25) is 5.02 Å².